The van der Waals surface area contributed by atoms with Crippen molar-refractivity contribution in [2.45, 2.75) is 37.6 Å². The number of carbonyl (C=O) groups is 3. The van der Waals surface area contributed by atoms with E-state index in [-0.39, 0.29) is 24.2 Å². The van der Waals surface area contributed by atoms with E-state index in [4.69, 9.17) is 0 Å². The van der Waals surface area contributed by atoms with Gasteiger partial charge in [-0.3, -0.25) is 19.7 Å². The minimum atomic E-state index is -0.764. The maximum atomic E-state index is 12.7. The van der Waals surface area contributed by atoms with Gasteiger partial charge < -0.3 is 10.6 Å². The molecule has 1 heterocycles. The van der Waals surface area contributed by atoms with Crippen LogP contribution in [0.4, 0.5) is 0 Å². The molecule has 6 heteroatoms. The highest BCUT2D eigenvalue weighted by Gasteiger charge is 2.53. The molecular formula is C18H21N3O3. The van der Waals surface area contributed by atoms with Crippen LogP contribution in [0.3, 0.4) is 0 Å². The molecule has 0 aromatic carbocycles. The number of allylic oxidation sites excluding steroid dienone is 3. The predicted molar refractivity (Wildman–Crippen MR) is 89.2 cm³/mol. The van der Waals surface area contributed by atoms with E-state index in [1.165, 1.54) is 0 Å². The van der Waals surface area contributed by atoms with Gasteiger partial charge in [-0.15, -0.1) is 0 Å². The van der Waals surface area contributed by atoms with Crippen LogP contribution in [-0.4, -0.2) is 23.8 Å². The molecule has 6 nitrogen and oxygen atoms in total. The third-order valence-corrected chi connectivity index (χ3v) is 4.92. The largest absolute Gasteiger partial charge is 0.354 e. The van der Waals surface area contributed by atoms with Crippen molar-refractivity contribution in [1.29, 1.82) is 0 Å². The van der Waals surface area contributed by atoms with Gasteiger partial charge in [-0.2, -0.15) is 0 Å². The van der Waals surface area contributed by atoms with Gasteiger partial charge in [-0.05, 0) is 36.3 Å². The molecule has 1 saturated heterocycles. The molecule has 2 aliphatic carbocycles. The summed E-state index contributed by atoms with van der Waals surface area (Å²) in [6, 6.07) is 0. The highest BCUT2D eigenvalue weighted by molar-refractivity contribution is 5.95. The highest BCUT2D eigenvalue weighted by Crippen LogP contribution is 2.43. The summed E-state index contributed by atoms with van der Waals surface area (Å²) in [5.41, 5.74) is 0.965. The fourth-order valence-corrected chi connectivity index (χ4v) is 3.53. The van der Waals surface area contributed by atoms with E-state index < -0.39 is 5.54 Å². The minimum absolute atomic E-state index is 0.0600. The van der Waals surface area contributed by atoms with Gasteiger partial charge in [0, 0.05) is 0 Å². The lowest BCUT2D eigenvalue weighted by Crippen LogP contribution is -2.56. The average Bonchev–Trinajstić information content (AvgIpc) is 2.64. The minimum Gasteiger partial charge on any atom is -0.354 e. The molecule has 126 valence electrons. The van der Waals surface area contributed by atoms with Crippen LogP contribution in [0.5, 0.6) is 0 Å². The van der Waals surface area contributed by atoms with E-state index in [0.29, 0.717) is 18.7 Å². The summed E-state index contributed by atoms with van der Waals surface area (Å²) < 4.78 is 0. The molecule has 24 heavy (non-hydrogen) atoms. The number of hydrogen-bond acceptors (Lipinski definition) is 4. The number of nitrogens with one attached hydrogen (secondary N) is 3. The molecule has 0 radical (unpaired) electrons. The van der Waals surface area contributed by atoms with Gasteiger partial charge >= 0.3 is 0 Å². The second kappa shape index (κ2) is 6.47. The molecule has 3 aliphatic rings. The van der Waals surface area contributed by atoms with Crippen LogP contribution < -0.4 is 16.0 Å². The highest BCUT2D eigenvalue weighted by atomic mass is 16.2. The number of imide groups is 1. The zero-order valence-corrected chi connectivity index (χ0v) is 13.4. The van der Waals surface area contributed by atoms with Gasteiger partial charge in [0.25, 0.3) is 5.91 Å². The van der Waals surface area contributed by atoms with Crippen LogP contribution in [0.25, 0.3) is 0 Å². The molecule has 3 N–H and O–H groups in total. The van der Waals surface area contributed by atoms with Crippen LogP contribution in [0.2, 0.25) is 0 Å². The fourth-order valence-electron chi connectivity index (χ4n) is 3.53. The van der Waals surface area contributed by atoms with Gasteiger partial charge in [0.2, 0.25) is 12.3 Å². The van der Waals surface area contributed by atoms with Crippen molar-refractivity contribution in [3.05, 3.63) is 47.9 Å². The molecule has 1 atom stereocenters. The summed E-state index contributed by atoms with van der Waals surface area (Å²) in [5.74, 6) is 0.370. The van der Waals surface area contributed by atoms with Crippen molar-refractivity contribution < 1.29 is 14.4 Å². The normalized spacial score (nSPS) is 26.5. The second-order valence-electron chi connectivity index (χ2n) is 6.36. The molecule has 2 fully saturated rings. The third-order valence-electron chi connectivity index (χ3n) is 4.92. The van der Waals surface area contributed by atoms with Gasteiger partial charge in [0.05, 0.1) is 12.2 Å². The second-order valence-corrected chi connectivity index (χ2v) is 6.36. The van der Waals surface area contributed by atoms with Crippen molar-refractivity contribution in [2.75, 3.05) is 0 Å². The van der Waals surface area contributed by atoms with Crippen LogP contribution in [0, 0.1) is 5.92 Å². The molecule has 1 unspecified atom stereocenters. The van der Waals surface area contributed by atoms with E-state index in [1.807, 2.05) is 24.3 Å². The third kappa shape index (κ3) is 2.79. The molecular weight excluding hydrogens is 306 g/mol. The van der Waals surface area contributed by atoms with Crippen molar-refractivity contribution in [3.63, 3.8) is 0 Å². The Morgan fingerprint density at radius 2 is 2.17 bits per heavy atom. The first kappa shape index (κ1) is 16.2. The fraction of sp³-hybridized carbons (Fsp3) is 0.389. The Kier molecular flexibility index (Phi) is 4.38. The van der Waals surface area contributed by atoms with Crippen LogP contribution in [-0.2, 0) is 14.4 Å². The van der Waals surface area contributed by atoms with Crippen molar-refractivity contribution in [2.24, 2.45) is 5.92 Å². The summed E-state index contributed by atoms with van der Waals surface area (Å²) in [4.78, 5) is 34.6. The topological polar surface area (TPSA) is 87.3 Å². The Balaban J connectivity index is 1.82. The SMILES string of the molecule is C=C1NC(=O)C(C2=CCC=C(CC(=O)NC=O)C=C2)(C2CCC2)N1. The van der Waals surface area contributed by atoms with Gasteiger partial charge in [0.1, 0.15) is 5.54 Å². The monoisotopic (exact) mass is 327 g/mol. The van der Waals surface area contributed by atoms with Gasteiger partial charge in [-0.1, -0.05) is 37.3 Å². The summed E-state index contributed by atoms with van der Waals surface area (Å²) >= 11 is 0. The number of carbonyl (C=O) groups excluding carboxylic acids is 3. The van der Waals surface area contributed by atoms with Gasteiger partial charge in [0.15, 0.2) is 0 Å². The Bertz CT molecular complexity index is 686. The summed E-state index contributed by atoms with van der Waals surface area (Å²) in [5, 5.41) is 8.20. The molecule has 0 aromatic heterocycles. The lowest BCUT2D eigenvalue weighted by molar-refractivity contribution is -0.126. The van der Waals surface area contributed by atoms with Crippen molar-refractivity contribution in [1.82, 2.24) is 16.0 Å². The van der Waals surface area contributed by atoms with E-state index in [1.54, 1.807) is 0 Å². The standard InChI is InChI=1S/C18H21N3O3/c1-12-20-17(24)18(21-12,14-6-3-7-14)15-5-2-4-13(8-9-15)10-16(23)19-11-22/h4-5,8-9,11,14,21H,1-3,6-7,10H2,(H,20,24)(H,19,22,23). The quantitative estimate of drug-likeness (QED) is 0.662. The maximum absolute atomic E-state index is 12.7. The van der Waals surface area contributed by atoms with E-state index in [0.717, 1.165) is 30.4 Å². The lowest BCUT2D eigenvalue weighted by Gasteiger charge is -2.41. The maximum Gasteiger partial charge on any atom is 0.256 e. The zero-order valence-electron chi connectivity index (χ0n) is 13.4. The molecule has 1 saturated carbocycles. The van der Waals surface area contributed by atoms with Crippen LogP contribution in [0.1, 0.15) is 32.1 Å². The van der Waals surface area contributed by atoms with Gasteiger partial charge in [-0.25, -0.2) is 0 Å². The Morgan fingerprint density at radius 1 is 1.38 bits per heavy atom. The molecule has 3 amide bonds. The zero-order chi connectivity index (χ0) is 17.2. The first-order valence-electron chi connectivity index (χ1n) is 8.15. The molecule has 0 spiro atoms. The first-order chi connectivity index (χ1) is 11.6. The van der Waals surface area contributed by atoms with E-state index >= 15 is 0 Å². The molecule has 0 aromatic rings. The van der Waals surface area contributed by atoms with Crippen LogP contribution in [0.15, 0.2) is 47.9 Å². The Labute approximate surface area is 140 Å². The average molecular weight is 327 g/mol. The molecule has 1 aliphatic heterocycles. The smallest absolute Gasteiger partial charge is 0.256 e. The van der Waals surface area contributed by atoms with Crippen molar-refractivity contribution in [3.8, 4) is 0 Å². The Hall–Kier alpha value is -2.63. The molecule has 0 bridgehead atoms. The first-order valence-corrected chi connectivity index (χ1v) is 8.15. The predicted octanol–water partition coefficient (Wildman–Crippen LogP) is 1.19. The number of amides is 3. The molecule has 3 rings (SSSR count). The van der Waals surface area contributed by atoms with E-state index in [2.05, 4.69) is 22.5 Å². The number of hydrogen-bond donors (Lipinski definition) is 3. The van der Waals surface area contributed by atoms with Crippen LogP contribution >= 0.6 is 0 Å². The van der Waals surface area contributed by atoms with E-state index in [9.17, 15) is 14.4 Å². The lowest BCUT2D eigenvalue weighted by atomic mass is 9.67. The summed E-state index contributed by atoms with van der Waals surface area (Å²) in [6.07, 6.45) is 12.0. The Morgan fingerprint density at radius 3 is 2.75 bits per heavy atom. The summed E-state index contributed by atoms with van der Waals surface area (Å²) in [6.45, 7) is 3.84. The summed E-state index contributed by atoms with van der Waals surface area (Å²) in [7, 11) is 0. The number of rotatable bonds is 5. The van der Waals surface area contributed by atoms with Crippen molar-refractivity contribution >= 4 is 18.2 Å².